The van der Waals surface area contributed by atoms with Crippen LogP contribution in [0.15, 0.2) is 16.7 Å². The number of carboxylic acid groups (broad SMARTS) is 1. The third kappa shape index (κ3) is 2.02. The molecule has 1 rings (SSSR count). The lowest BCUT2D eigenvalue weighted by Gasteiger charge is -2.10. The number of carbonyl (C=O) groups is 1. The predicted molar refractivity (Wildman–Crippen MR) is 53.1 cm³/mol. The molecule has 0 radical (unpaired) electrons. The van der Waals surface area contributed by atoms with Crippen LogP contribution in [-0.2, 0) is 4.79 Å². The van der Waals surface area contributed by atoms with Gasteiger partial charge in [0.25, 0.3) is 0 Å². The van der Waals surface area contributed by atoms with Crippen molar-refractivity contribution < 1.29 is 14.6 Å². The van der Waals surface area contributed by atoms with Gasteiger partial charge in [0.2, 0.25) is 0 Å². The lowest BCUT2D eigenvalue weighted by atomic mass is 10.2. The summed E-state index contributed by atoms with van der Waals surface area (Å²) in [4.78, 5) is 14.5. The number of hydrogen-bond donors (Lipinski definition) is 2. The van der Waals surface area contributed by atoms with Crippen molar-refractivity contribution in [3.05, 3.63) is 22.4 Å². The van der Waals surface area contributed by atoms with Crippen LogP contribution in [0.3, 0.4) is 0 Å². The third-order valence-corrected chi connectivity index (χ3v) is 2.46. The molecule has 0 saturated heterocycles. The van der Waals surface area contributed by atoms with Crippen LogP contribution in [0.1, 0.15) is 11.7 Å². The van der Waals surface area contributed by atoms with Crippen molar-refractivity contribution >= 4 is 21.9 Å². The van der Waals surface area contributed by atoms with Gasteiger partial charge >= 0.3 is 5.97 Å². The highest BCUT2D eigenvalue weighted by molar-refractivity contribution is 9.10. The average molecular weight is 261 g/mol. The number of aromatic nitrogens is 1. The van der Waals surface area contributed by atoms with Gasteiger partial charge in [-0.25, -0.2) is 0 Å². The highest BCUT2D eigenvalue weighted by atomic mass is 79.9. The first-order valence-corrected chi connectivity index (χ1v) is 4.54. The molecule has 1 unspecified atom stereocenters. The Bertz CT molecular complexity index is 356. The van der Waals surface area contributed by atoms with Gasteiger partial charge in [-0.3, -0.25) is 9.78 Å². The van der Waals surface area contributed by atoms with Gasteiger partial charge in [0.15, 0.2) is 0 Å². The molecule has 0 fully saturated rings. The van der Waals surface area contributed by atoms with E-state index in [-0.39, 0.29) is 5.69 Å². The minimum absolute atomic E-state index is 0.247. The summed E-state index contributed by atoms with van der Waals surface area (Å²) >= 11 is 3.18. The molecule has 0 spiro atoms. The second kappa shape index (κ2) is 4.39. The van der Waals surface area contributed by atoms with Crippen LogP contribution in [-0.4, -0.2) is 23.2 Å². The van der Waals surface area contributed by atoms with Crippen LogP contribution in [0.25, 0.3) is 0 Å². The van der Waals surface area contributed by atoms with Gasteiger partial charge in [0.1, 0.15) is 11.8 Å². The van der Waals surface area contributed by atoms with Gasteiger partial charge in [-0.05, 0) is 22.0 Å². The maximum Gasteiger partial charge on any atom is 0.326 e. The molecular formula is C8H9BrN2O3. The Morgan fingerprint density at radius 1 is 1.79 bits per heavy atom. The van der Waals surface area contributed by atoms with Crippen molar-refractivity contribution in [1.29, 1.82) is 0 Å². The molecule has 0 saturated carbocycles. The number of carboxylic acids is 1. The molecule has 1 aromatic heterocycles. The Kier molecular flexibility index (Phi) is 3.43. The standard InChI is InChI=1S/C8H9BrN2O3/c1-14-4-2-3-11-7(5(4)9)6(10)8(12)13/h2-3,6H,10H2,1H3,(H,12,13). The fourth-order valence-electron chi connectivity index (χ4n) is 0.933. The number of methoxy groups -OCH3 is 1. The second-order valence-corrected chi connectivity index (χ2v) is 3.32. The zero-order valence-corrected chi connectivity index (χ0v) is 8.98. The molecule has 1 atom stereocenters. The number of nitrogens with two attached hydrogens (primary N) is 1. The number of ether oxygens (including phenoxy) is 1. The number of hydrogen-bond acceptors (Lipinski definition) is 4. The number of rotatable bonds is 3. The SMILES string of the molecule is COc1ccnc(C(N)C(=O)O)c1Br. The molecule has 14 heavy (non-hydrogen) atoms. The van der Waals surface area contributed by atoms with E-state index in [2.05, 4.69) is 20.9 Å². The van der Waals surface area contributed by atoms with Gasteiger partial charge in [0.05, 0.1) is 17.3 Å². The fourth-order valence-corrected chi connectivity index (χ4v) is 1.58. The number of nitrogens with zero attached hydrogens (tertiary/aromatic N) is 1. The summed E-state index contributed by atoms with van der Waals surface area (Å²) in [6.45, 7) is 0. The molecule has 0 amide bonds. The van der Waals surface area contributed by atoms with Crippen molar-refractivity contribution in [2.75, 3.05) is 7.11 Å². The van der Waals surface area contributed by atoms with E-state index in [1.165, 1.54) is 13.3 Å². The van der Waals surface area contributed by atoms with Crippen LogP contribution in [0.2, 0.25) is 0 Å². The maximum absolute atomic E-state index is 10.6. The number of pyridine rings is 1. The quantitative estimate of drug-likeness (QED) is 0.845. The van der Waals surface area contributed by atoms with Gasteiger partial charge in [0, 0.05) is 6.20 Å². The molecule has 76 valence electrons. The fraction of sp³-hybridized carbons (Fsp3) is 0.250. The van der Waals surface area contributed by atoms with Gasteiger partial charge in [-0.15, -0.1) is 0 Å². The van der Waals surface area contributed by atoms with E-state index in [4.69, 9.17) is 15.6 Å². The monoisotopic (exact) mass is 260 g/mol. The Morgan fingerprint density at radius 2 is 2.43 bits per heavy atom. The van der Waals surface area contributed by atoms with Crippen LogP contribution < -0.4 is 10.5 Å². The molecule has 1 aromatic rings. The van der Waals surface area contributed by atoms with E-state index < -0.39 is 12.0 Å². The lowest BCUT2D eigenvalue weighted by Crippen LogP contribution is -2.22. The summed E-state index contributed by atoms with van der Waals surface area (Å²) in [5, 5.41) is 8.70. The first-order valence-electron chi connectivity index (χ1n) is 3.74. The molecule has 0 aliphatic heterocycles. The first kappa shape index (κ1) is 10.9. The predicted octanol–water partition coefficient (Wildman–Crippen LogP) is 0.937. The Morgan fingerprint density at radius 3 is 2.93 bits per heavy atom. The molecule has 5 nitrogen and oxygen atoms in total. The lowest BCUT2D eigenvalue weighted by molar-refractivity contribution is -0.138. The van der Waals surface area contributed by atoms with Crippen molar-refractivity contribution in [1.82, 2.24) is 4.98 Å². The van der Waals surface area contributed by atoms with Crippen molar-refractivity contribution in [2.45, 2.75) is 6.04 Å². The van der Waals surface area contributed by atoms with E-state index in [0.717, 1.165) is 0 Å². The minimum Gasteiger partial charge on any atom is -0.495 e. The molecule has 0 aromatic carbocycles. The summed E-state index contributed by atoms with van der Waals surface area (Å²) in [6, 6.07) is 0.460. The minimum atomic E-state index is -1.15. The van der Waals surface area contributed by atoms with E-state index in [1.807, 2.05) is 0 Å². The number of halogens is 1. The maximum atomic E-state index is 10.6. The van der Waals surface area contributed by atoms with Crippen LogP contribution in [0, 0.1) is 0 Å². The molecule has 3 N–H and O–H groups in total. The average Bonchev–Trinajstić information content (AvgIpc) is 2.17. The topological polar surface area (TPSA) is 85.4 Å². The van der Waals surface area contributed by atoms with Crippen LogP contribution in [0.4, 0.5) is 0 Å². The van der Waals surface area contributed by atoms with E-state index in [1.54, 1.807) is 6.07 Å². The molecule has 0 aliphatic rings. The molecule has 0 bridgehead atoms. The first-order chi connectivity index (χ1) is 6.57. The Labute approximate surface area is 89.0 Å². The normalized spacial score (nSPS) is 12.2. The smallest absolute Gasteiger partial charge is 0.326 e. The Balaban J connectivity index is 3.15. The molecule has 1 heterocycles. The van der Waals surface area contributed by atoms with Gasteiger partial charge < -0.3 is 15.6 Å². The zero-order valence-electron chi connectivity index (χ0n) is 7.40. The molecule has 6 heteroatoms. The van der Waals surface area contributed by atoms with E-state index in [0.29, 0.717) is 10.2 Å². The van der Waals surface area contributed by atoms with Crippen LogP contribution in [0.5, 0.6) is 5.75 Å². The van der Waals surface area contributed by atoms with Crippen LogP contribution >= 0.6 is 15.9 Å². The Hall–Kier alpha value is -1.14. The number of aliphatic carboxylic acids is 1. The van der Waals surface area contributed by atoms with Gasteiger partial charge in [-0.1, -0.05) is 0 Å². The van der Waals surface area contributed by atoms with Crippen molar-refractivity contribution in [2.24, 2.45) is 5.73 Å². The van der Waals surface area contributed by atoms with Gasteiger partial charge in [-0.2, -0.15) is 0 Å². The van der Waals surface area contributed by atoms with Crippen molar-refractivity contribution in [3.63, 3.8) is 0 Å². The summed E-state index contributed by atoms with van der Waals surface area (Å²) in [5.41, 5.74) is 5.66. The second-order valence-electron chi connectivity index (χ2n) is 2.53. The van der Waals surface area contributed by atoms with E-state index >= 15 is 0 Å². The summed E-state index contributed by atoms with van der Waals surface area (Å²) in [6.07, 6.45) is 1.45. The molecular weight excluding hydrogens is 252 g/mol. The third-order valence-electron chi connectivity index (χ3n) is 1.66. The summed E-state index contributed by atoms with van der Waals surface area (Å²) in [5.74, 6) is -0.627. The largest absolute Gasteiger partial charge is 0.495 e. The van der Waals surface area contributed by atoms with E-state index in [9.17, 15) is 4.79 Å². The zero-order chi connectivity index (χ0) is 10.7. The highest BCUT2D eigenvalue weighted by Gasteiger charge is 2.20. The summed E-state index contributed by atoms with van der Waals surface area (Å²) in [7, 11) is 1.48. The summed E-state index contributed by atoms with van der Waals surface area (Å²) < 4.78 is 5.45. The van der Waals surface area contributed by atoms with Crippen molar-refractivity contribution in [3.8, 4) is 5.75 Å². The molecule has 0 aliphatic carbocycles. The highest BCUT2D eigenvalue weighted by Crippen LogP contribution is 2.29.